The van der Waals surface area contributed by atoms with Crippen molar-refractivity contribution < 1.29 is 0 Å². The van der Waals surface area contributed by atoms with Gasteiger partial charge in [-0.25, -0.2) is 0 Å². The van der Waals surface area contributed by atoms with E-state index in [2.05, 4.69) is 203 Å². The van der Waals surface area contributed by atoms with Gasteiger partial charge in [-0.05, 0) is 106 Å². The zero-order valence-corrected chi connectivity index (χ0v) is 32.9. The van der Waals surface area contributed by atoms with Gasteiger partial charge in [0.05, 0.1) is 27.9 Å². The van der Waals surface area contributed by atoms with E-state index in [1.165, 1.54) is 44.2 Å². The topological polar surface area (TPSA) is 32.1 Å². The van der Waals surface area contributed by atoms with E-state index in [-0.39, 0.29) is 5.41 Å². The van der Waals surface area contributed by atoms with E-state index < -0.39 is 0 Å². The number of para-hydroxylation sites is 3. The van der Waals surface area contributed by atoms with Crippen LogP contribution in [0.4, 0.5) is 0 Å². The molecule has 280 valence electrons. The molecule has 0 fully saturated rings. The number of imidazole rings is 2. The summed E-state index contributed by atoms with van der Waals surface area (Å²) in [6, 6.07) is 59.3. The minimum atomic E-state index is -0.0403. The van der Waals surface area contributed by atoms with Crippen LogP contribution in [-0.2, 0) is 5.41 Å². The summed E-state index contributed by atoms with van der Waals surface area (Å²) in [7, 11) is 0. The van der Waals surface area contributed by atoms with E-state index in [1.807, 2.05) is 18.2 Å². The zero-order valence-electron chi connectivity index (χ0n) is 32.9. The number of hydrogen-bond acceptors (Lipinski definition) is 1. The highest BCUT2D eigenvalue weighted by Gasteiger charge is 2.35. The molecule has 0 N–H and O–H groups in total. The van der Waals surface area contributed by atoms with E-state index in [9.17, 15) is 0 Å². The number of nitrogens with zero attached hydrogens (tertiary/aromatic N) is 5. The van der Waals surface area contributed by atoms with E-state index in [1.54, 1.807) is 0 Å². The second-order valence-electron chi connectivity index (χ2n) is 16.2. The molecule has 4 aromatic heterocycles. The van der Waals surface area contributed by atoms with Gasteiger partial charge < -0.3 is 4.57 Å². The molecule has 0 saturated heterocycles. The molecule has 1 aliphatic rings. The Kier molecular flexibility index (Phi) is 6.92. The first-order valence-corrected chi connectivity index (χ1v) is 20.2. The Balaban J connectivity index is 1.01. The van der Waals surface area contributed by atoms with Crippen LogP contribution < -0.4 is 0 Å². The lowest BCUT2D eigenvalue weighted by Gasteiger charge is -2.22. The molecule has 0 bridgehead atoms. The van der Waals surface area contributed by atoms with Crippen LogP contribution in [0, 0.1) is 0 Å². The van der Waals surface area contributed by atoms with Gasteiger partial charge >= 0.3 is 0 Å². The van der Waals surface area contributed by atoms with Crippen LogP contribution in [0.15, 0.2) is 177 Å². The van der Waals surface area contributed by atoms with Crippen molar-refractivity contribution in [3.8, 4) is 39.3 Å². The fourth-order valence-corrected chi connectivity index (χ4v) is 10.0. The van der Waals surface area contributed by atoms with Crippen LogP contribution >= 0.6 is 0 Å². The second-order valence-corrected chi connectivity index (χ2v) is 16.2. The van der Waals surface area contributed by atoms with E-state index >= 15 is 0 Å². The first-order chi connectivity index (χ1) is 29.0. The third-order valence-electron chi connectivity index (χ3n) is 12.8. The summed E-state index contributed by atoms with van der Waals surface area (Å²) in [6.45, 7) is 13.3. The van der Waals surface area contributed by atoms with Crippen molar-refractivity contribution in [1.82, 2.24) is 23.1 Å². The molecule has 0 spiro atoms. The monoisotopic (exact) mass is 757 g/mol. The molecule has 0 unspecified atom stereocenters. The van der Waals surface area contributed by atoms with Crippen LogP contribution in [0.2, 0.25) is 0 Å². The second kappa shape index (κ2) is 12.2. The van der Waals surface area contributed by atoms with Gasteiger partial charge in [0, 0.05) is 38.6 Å². The molecule has 0 atom stereocenters. The lowest BCUT2D eigenvalue weighted by molar-refractivity contribution is 0.660. The Bertz CT molecular complexity index is 3550. The molecule has 59 heavy (non-hydrogen) atoms. The predicted octanol–water partition coefficient (Wildman–Crippen LogP) is 13.6. The summed E-state index contributed by atoms with van der Waals surface area (Å²) in [5.41, 5.74) is 18.3. The maximum absolute atomic E-state index is 5.44. The van der Waals surface area contributed by atoms with Crippen molar-refractivity contribution in [3.63, 3.8) is 0 Å². The summed E-state index contributed by atoms with van der Waals surface area (Å²) >= 11 is 0. The van der Waals surface area contributed by atoms with E-state index in [0.717, 1.165) is 67.3 Å². The van der Waals surface area contributed by atoms with Crippen molar-refractivity contribution in [2.24, 2.45) is 0 Å². The molecule has 11 aromatic rings. The smallest absolute Gasteiger partial charge is 0.222 e. The lowest BCUT2D eigenvalue weighted by Crippen LogP contribution is -2.14. The molecule has 0 amide bonds. The SMILES string of the molecule is C=Cc1c(C=C)n2c3c4ccccc4n(-c4ccccc4)c3nc2n1-c1ccc2c(c1)c1ccccc1n2-c1ccc(-c2ccc3c(c2)C(C)(C)c2ccccc2-3)cc1. The molecule has 5 nitrogen and oxygen atoms in total. The van der Waals surface area contributed by atoms with Gasteiger partial charge in [-0.1, -0.05) is 130 Å². The molecule has 5 heteroatoms. The van der Waals surface area contributed by atoms with Gasteiger partial charge in [-0.3, -0.25) is 13.5 Å². The summed E-state index contributed by atoms with van der Waals surface area (Å²) in [5, 5.41) is 3.49. The molecule has 4 heterocycles. The van der Waals surface area contributed by atoms with E-state index in [4.69, 9.17) is 4.98 Å². The van der Waals surface area contributed by atoms with Crippen molar-refractivity contribution in [2.75, 3.05) is 0 Å². The van der Waals surface area contributed by atoms with Crippen molar-refractivity contribution >= 4 is 61.8 Å². The number of fused-ring (bicyclic) bond motifs is 11. The molecular weight excluding hydrogens is 719 g/mol. The minimum Gasteiger partial charge on any atom is -0.309 e. The maximum atomic E-state index is 5.44. The van der Waals surface area contributed by atoms with Gasteiger partial charge in [-0.15, -0.1) is 0 Å². The average molecular weight is 758 g/mol. The standard InChI is InChI=1S/C54H39N5/c1-5-46-47(6-2)59-51-42-20-12-15-23-49(42)57(36-16-8-7-9-17-36)52(51)55-53(59)58(46)38-29-31-50-43(33-38)41-19-11-14-22-48(41)56(50)37-27-24-34(25-28-37)35-26-30-40-39-18-10-13-21-44(39)54(3,4)45(40)32-35/h5-33H,1-2H2,3-4H3. The van der Waals surface area contributed by atoms with Crippen LogP contribution in [-0.4, -0.2) is 23.1 Å². The molecule has 0 aliphatic heterocycles. The van der Waals surface area contributed by atoms with Crippen molar-refractivity contribution in [2.45, 2.75) is 19.3 Å². The maximum Gasteiger partial charge on any atom is 0.222 e. The molecule has 0 radical (unpaired) electrons. The number of hydrogen-bond donors (Lipinski definition) is 0. The van der Waals surface area contributed by atoms with Gasteiger partial charge in [0.2, 0.25) is 5.78 Å². The largest absolute Gasteiger partial charge is 0.309 e. The van der Waals surface area contributed by atoms with Gasteiger partial charge in [0.15, 0.2) is 5.65 Å². The van der Waals surface area contributed by atoms with Crippen molar-refractivity contribution in [3.05, 3.63) is 199 Å². The highest BCUT2D eigenvalue weighted by atomic mass is 15.3. The van der Waals surface area contributed by atoms with Gasteiger partial charge in [-0.2, -0.15) is 4.98 Å². The quantitative estimate of drug-likeness (QED) is 0.166. The minimum absolute atomic E-state index is 0.0403. The zero-order chi connectivity index (χ0) is 39.6. The summed E-state index contributed by atoms with van der Waals surface area (Å²) in [4.78, 5) is 5.44. The Morgan fingerprint density at radius 3 is 1.86 bits per heavy atom. The number of aromatic nitrogens is 5. The highest BCUT2D eigenvalue weighted by Crippen LogP contribution is 2.49. The predicted molar refractivity (Wildman–Crippen MR) is 246 cm³/mol. The highest BCUT2D eigenvalue weighted by molar-refractivity contribution is 6.11. The van der Waals surface area contributed by atoms with Crippen LogP contribution in [0.3, 0.4) is 0 Å². The number of rotatable bonds is 6. The fourth-order valence-electron chi connectivity index (χ4n) is 10.0. The Morgan fingerprint density at radius 1 is 0.475 bits per heavy atom. The van der Waals surface area contributed by atoms with Crippen LogP contribution in [0.1, 0.15) is 36.4 Å². The fraction of sp³-hybridized carbons (Fsp3) is 0.0556. The van der Waals surface area contributed by atoms with Gasteiger partial charge in [0.25, 0.3) is 0 Å². The average Bonchev–Trinajstić information content (AvgIpc) is 4.04. The lowest BCUT2D eigenvalue weighted by atomic mass is 9.81. The first kappa shape index (κ1) is 33.5. The van der Waals surface area contributed by atoms with Crippen molar-refractivity contribution in [1.29, 1.82) is 0 Å². The van der Waals surface area contributed by atoms with E-state index in [0.29, 0.717) is 0 Å². The first-order valence-electron chi connectivity index (χ1n) is 20.2. The van der Waals surface area contributed by atoms with Crippen LogP contribution in [0.5, 0.6) is 0 Å². The Hall–Kier alpha value is -7.63. The molecular formula is C54H39N5. The van der Waals surface area contributed by atoms with Gasteiger partial charge in [0.1, 0.15) is 5.52 Å². The third-order valence-corrected chi connectivity index (χ3v) is 12.8. The molecule has 7 aromatic carbocycles. The summed E-state index contributed by atoms with van der Waals surface area (Å²) < 4.78 is 9.12. The molecule has 0 saturated carbocycles. The van der Waals surface area contributed by atoms with Crippen LogP contribution in [0.25, 0.3) is 101 Å². The summed E-state index contributed by atoms with van der Waals surface area (Å²) in [6.07, 6.45) is 3.84. The third kappa shape index (κ3) is 4.53. The normalized spacial score (nSPS) is 13.2. The molecule has 1 aliphatic carbocycles. The molecule has 12 rings (SSSR count). The Morgan fingerprint density at radius 2 is 1.08 bits per heavy atom. The Labute approximate surface area is 341 Å². The number of benzene rings is 7. The summed E-state index contributed by atoms with van der Waals surface area (Å²) in [5.74, 6) is 0.813.